The second-order valence-electron chi connectivity index (χ2n) is 4.44. The number of hydrogen-bond acceptors (Lipinski definition) is 3. The monoisotopic (exact) mass is 238 g/mol. The van der Waals surface area contributed by atoms with E-state index in [1.807, 2.05) is 27.8 Å². The average molecular weight is 238 g/mol. The molecule has 0 saturated carbocycles. The Bertz CT molecular complexity index is 365. The smallest absolute Gasteiger partial charge is 0.272 e. The number of carbonyl (C=O) groups is 1. The summed E-state index contributed by atoms with van der Waals surface area (Å²) in [4.78, 5) is 12.1. The Morgan fingerprint density at radius 1 is 1.53 bits per heavy atom. The molecule has 0 saturated heterocycles. The molecule has 1 aromatic heterocycles. The van der Waals surface area contributed by atoms with Gasteiger partial charge in [0.25, 0.3) is 5.91 Å². The summed E-state index contributed by atoms with van der Waals surface area (Å²) < 4.78 is 1.69. The molecule has 0 aliphatic rings. The highest BCUT2D eigenvalue weighted by Gasteiger charge is 2.27. The van der Waals surface area contributed by atoms with Crippen molar-refractivity contribution in [2.45, 2.75) is 39.2 Å². The number of aromatic nitrogens is 2. The summed E-state index contributed by atoms with van der Waals surface area (Å²) in [7, 11) is 1.82. The van der Waals surface area contributed by atoms with Crippen molar-refractivity contribution in [1.29, 1.82) is 0 Å². The van der Waals surface area contributed by atoms with Gasteiger partial charge >= 0.3 is 0 Å². The molecule has 5 nitrogen and oxygen atoms in total. The minimum atomic E-state index is -0.317. The first-order chi connectivity index (χ1) is 7.98. The number of nitrogens with zero attached hydrogens (tertiary/aromatic N) is 2. The van der Waals surface area contributed by atoms with Gasteiger partial charge < -0.3 is 11.1 Å². The first-order valence-corrected chi connectivity index (χ1v) is 6.01. The minimum absolute atomic E-state index is 0.150. The Hall–Kier alpha value is -1.36. The molecule has 1 aromatic rings. The van der Waals surface area contributed by atoms with Crippen molar-refractivity contribution in [3.05, 3.63) is 17.5 Å². The largest absolute Gasteiger partial charge is 0.344 e. The SMILES string of the molecule is CCC(CC)(CN)NC(=O)c1cc(C)n(C)n1. The normalized spacial score (nSPS) is 11.6. The maximum absolute atomic E-state index is 12.1. The van der Waals surface area contributed by atoms with E-state index in [4.69, 9.17) is 5.73 Å². The van der Waals surface area contributed by atoms with Gasteiger partial charge in [0.05, 0.1) is 5.54 Å². The number of nitrogens with two attached hydrogens (primary N) is 1. The lowest BCUT2D eigenvalue weighted by Gasteiger charge is -2.31. The zero-order valence-electron chi connectivity index (χ0n) is 11.1. The molecule has 1 rings (SSSR count). The van der Waals surface area contributed by atoms with E-state index in [1.54, 1.807) is 10.7 Å². The molecule has 0 fully saturated rings. The van der Waals surface area contributed by atoms with Crippen LogP contribution in [0.3, 0.4) is 0 Å². The fourth-order valence-electron chi connectivity index (χ4n) is 1.74. The van der Waals surface area contributed by atoms with Crippen LogP contribution in [0.25, 0.3) is 0 Å². The third-order valence-corrected chi connectivity index (χ3v) is 3.47. The number of amides is 1. The second-order valence-corrected chi connectivity index (χ2v) is 4.44. The van der Waals surface area contributed by atoms with Gasteiger partial charge in [-0.25, -0.2) is 0 Å². The second kappa shape index (κ2) is 5.31. The maximum atomic E-state index is 12.1. The predicted molar refractivity (Wildman–Crippen MR) is 67.8 cm³/mol. The van der Waals surface area contributed by atoms with E-state index in [9.17, 15) is 4.79 Å². The molecule has 1 heterocycles. The molecule has 0 radical (unpaired) electrons. The molecule has 0 aromatic carbocycles. The van der Waals surface area contributed by atoms with Gasteiger partial charge in [-0.05, 0) is 25.8 Å². The lowest BCUT2D eigenvalue weighted by Crippen LogP contribution is -2.53. The summed E-state index contributed by atoms with van der Waals surface area (Å²) >= 11 is 0. The maximum Gasteiger partial charge on any atom is 0.272 e. The van der Waals surface area contributed by atoms with Crippen molar-refractivity contribution < 1.29 is 4.79 Å². The van der Waals surface area contributed by atoms with Crippen LogP contribution in [0.2, 0.25) is 0 Å². The van der Waals surface area contributed by atoms with E-state index < -0.39 is 0 Å². The highest BCUT2D eigenvalue weighted by Crippen LogP contribution is 2.14. The molecule has 0 aliphatic carbocycles. The summed E-state index contributed by atoms with van der Waals surface area (Å²) in [5.41, 5.74) is 6.84. The van der Waals surface area contributed by atoms with Crippen LogP contribution < -0.4 is 11.1 Å². The van der Waals surface area contributed by atoms with Gasteiger partial charge in [0.15, 0.2) is 0 Å². The van der Waals surface area contributed by atoms with Gasteiger partial charge in [-0.2, -0.15) is 5.10 Å². The summed E-state index contributed by atoms with van der Waals surface area (Å²) in [6, 6.07) is 1.78. The van der Waals surface area contributed by atoms with Crippen LogP contribution in [0.1, 0.15) is 42.9 Å². The number of nitrogens with one attached hydrogen (secondary N) is 1. The van der Waals surface area contributed by atoms with Gasteiger partial charge in [-0.15, -0.1) is 0 Å². The summed E-state index contributed by atoms with van der Waals surface area (Å²) in [6.45, 7) is 6.41. The van der Waals surface area contributed by atoms with Crippen molar-refractivity contribution in [2.75, 3.05) is 6.54 Å². The zero-order chi connectivity index (χ0) is 13.1. The van der Waals surface area contributed by atoms with Crippen LogP contribution in [0, 0.1) is 6.92 Å². The van der Waals surface area contributed by atoms with E-state index in [0.717, 1.165) is 18.5 Å². The van der Waals surface area contributed by atoms with Crippen LogP contribution in [0.5, 0.6) is 0 Å². The molecule has 0 aliphatic heterocycles. The molecular weight excluding hydrogens is 216 g/mol. The Balaban J connectivity index is 2.84. The molecule has 1 amide bonds. The summed E-state index contributed by atoms with van der Waals surface area (Å²) in [5.74, 6) is -0.150. The molecule has 0 unspecified atom stereocenters. The van der Waals surface area contributed by atoms with E-state index in [1.165, 1.54) is 0 Å². The highest BCUT2D eigenvalue weighted by molar-refractivity contribution is 5.92. The number of rotatable bonds is 5. The quantitative estimate of drug-likeness (QED) is 0.803. The summed E-state index contributed by atoms with van der Waals surface area (Å²) in [6.07, 6.45) is 1.63. The Morgan fingerprint density at radius 2 is 2.12 bits per heavy atom. The highest BCUT2D eigenvalue weighted by atomic mass is 16.2. The fraction of sp³-hybridized carbons (Fsp3) is 0.667. The lowest BCUT2D eigenvalue weighted by atomic mass is 9.93. The molecule has 0 bridgehead atoms. The molecule has 96 valence electrons. The first-order valence-electron chi connectivity index (χ1n) is 6.01. The summed E-state index contributed by atoms with van der Waals surface area (Å²) in [5, 5.41) is 7.16. The number of aryl methyl sites for hydroxylation is 2. The van der Waals surface area contributed by atoms with Crippen LogP contribution in [-0.4, -0.2) is 27.8 Å². The standard InChI is InChI=1S/C12H22N4O/c1-5-12(6-2,8-13)14-11(17)10-7-9(3)16(4)15-10/h7H,5-6,8,13H2,1-4H3,(H,14,17). The van der Waals surface area contributed by atoms with Gasteiger partial charge in [0, 0.05) is 19.3 Å². The van der Waals surface area contributed by atoms with Crippen molar-refractivity contribution in [3.8, 4) is 0 Å². The zero-order valence-corrected chi connectivity index (χ0v) is 11.1. The molecule has 17 heavy (non-hydrogen) atoms. The Labute approximate surface area is 102 Å². The van der Waals surface area contributed by atoms with E-state index in [0.29, 0.717) is 12.2 Å². The average Bonchev–Trinajstić information content (AvgIpc) is 2.67. The van der Waals surface area contributed by atoms with E-state index in [2.05, 4.69) is 10.4 Å². The van der Waals surface area contributed by atoms with Gasteiger partial charge in [0.2, 0.25) is 0 Å². The third-order valence-electron chi connectivity index (χ3n) is 3.47. The van der Waals surface area contributed by atoms with Gasteiger partial charge in [-0.1, -0.05) is 13.8 Å². The predicted octanol–water partition coefficient (Wildman–Crippen LogP) is 0.976. The lowest BCUT2D eigenvalue weighted by molar-refractivity contribution is 0.0889. The van der Waals surface area contributed by atoms with Crippen molar-refractivity contribution >= 4 is 5.91 Å². The molecule has 3 N–H and O–H groups in total. The van der Waals surface area contributed by atoms with Gasteiger partial charge in [-0.3, -0.25) is 9.48 Å². The van der Waals surface area contributed by atoms with Crippen molar-refractivity contribution in [1.82, 2.24) is 15.1 Å². The van der Waals surface area contributed by atoms with Gasteiger partial charge in [0.1, 0.15) is 5.69 Å². The molecule has 0 spiro atoms. The van der Waals surface area contributed by atoms with E-state index >= 15 is 0 Å². The minimum Gasteiger partial charge on any atom is -0.344 e. The Morgan fingerprint density at radius 3 is 2.47 bits per heavy atom. The van der Waals surface area contributed by atoms with Crippen LogP contribution >= 0.6 is 0 Å². The Kier molecular flexibility index (Phi) is 4.28. The number of hydrogen-bond donors (Lipinski definition) is 2. The molecular formula is C12H22N4O. The van der Waals surface area contributed by atoms with E-state index in [-0.39, 0.29) is 11.4 Å². The van der Waals surface area contributed by atoms with Crippen LogP contribution in [-0.2, 0) is 7.05 Å². The molecule has 5 heteroatoms. The van der Waals surface area contributed by atoms with Crippen LogP contribution in [0.4, 0.5) is 0 Å². The topological polar surface area (TPSA) is 72.9 Å². The molecule has 0 atom stereocenters. The third kappa shape index (κ3) is 2.85. The van der Waals surface area contributed by atoms with Crippen molar-refractivity contribution in [3.63, 3.8) is 0 Å². The number of carbonyl (C=O) groups excluding carboxylic acids is 1. The fourth-order valence-corrected chi connectivity index (χ4v) is 1.74. The van der Waals surface area contributed by atoms with Crippen LogP contribution in [0.15, 0.2) is 6.07 Å². The first kappa shape index (κ1) is 13.7. The van der Waals surface area contributed by atoms with Crippen molar-refractivity contribution in [2.24, 2.45) is 12.8 Å².